The number of hydrogen-bond donors (Lipinski definition) is 3. The van der Waals surface area contributed by atoms with E-state index in [0.29, 0.717) is 5.69 Å². The first-order valence-corrected chi connectivity index (χ1v) is 4.04. The summed E-state index contributed by atoms with van der Waals surface area (Å²) < 4.78 is 0. The number of hydrogen-bond acceptors (Lipinski definition) is 3. The van der Waals surface area contributed by atoms with E-state index in [4.69, 9.17) is 15.9 Å². The van der Waals surface area contributed by atoms with Gasteiger partial charge in [0, 0.05) is 5.69 Å². The van der Waals surface area contributed by atoms with Crippen molar-refractivity contribution in [2.75, 3.05) is 12.3 Å². The molecule has 70 valence electrons. The lowest BCUT2D eigenvalue weighted by molar-refractivity contribution is 0.282. The number of nitrogens with two attached hydrogens (primary N) is 1. The standard InChI is InChI=1S/C10H13NO2/c11-10-4-3-8(7-13)6-9(10)2-1-5-12/h1-4,6,12-13H,5,7,11H2/b2-1+. The summed E-state index contributed by atoms with van der Waals surface area (Å²) in [4.78, 5) is 0. The molecule has 1 rings (SSSR count). The summed E-state index contributed by atoms with van der Waals surface area (Å²) in [7, 11) is 0. The molecular weight excluding hydrogens is 166 g/mol. The van der Waals surface area contributed by atoms with Gasteiger partial charge in [-0.1, -0.05) is 18.2 Å². The van der Waals surface area contributed by atoms with Crippen LogP contribution < -0.4 is 5.73 Å². The Bertz CT molecular complexity index is 308. The fourth-order valence-electron chi connectivity index (χ4n) is 1.05. The molecule has 0 heterocycles. The molecule has 13 heavy (non-hydrogen) atoms. The number of rotatable bonds is 3. The predicted molar refractivity (Wildman–Crippen MR) is 52.9 cm³/mol. The zero-order chi connectivity index (χ0) is 9.68. The highest BCUT2D eigenvalue weighted by molar-refractivity contribution is 5.65. The van der Waals surface area contributed by atoms with E-state index in [9.17, 15) is 0 Å². The minimum atomic E-state index is -0.0111. The van der Waals surface area contributed by atoms with Crippen molar-refractivity contribution in [3.8, 4) is 0 Å². The first-order valence-electron chi connectivity index (χ1n) is 4.04. The van der Waals surface area contributed by atoms with Crippen LogP contribution in [-0.2, 0) is 6.61 Å². The van der Waals surface area contributed by atoms with Crippen LogP contribution in [0.4, 0.5) is 5.69 Å². The van der Waals surface area contributed by atoms with Gasteiger partial charge in [0.25, 0.3) is 0 Å². The van der Waals surface area contributed by atoms with Crippen molar-refractivity contribution in [2.24, 2.45) is 0 Å². The Morgan fingerprint density at radius 3 is 2.69 bits per heavy atom. The second-order valence-electron chi connectivity index (χ2n) is 2.71. The van der Waals surface area contributed by atoms with Crippen molar-refractivity contribution < 1.29 is 10.2 Å². The van der Waals surface area contributed by atoms with E-state index >= 15 is 0 Å². The average Bonchev–Trinajstić information content (AvgIpc) is 2.17. The number of aliphatic hydroxyl groups excluding tert-OH is 2. The van der Waals surface area contributed by atoms with Gasteiger partial charge in [0.15, 0.2) is 0 Å². The topological polar surface area (TPSA) is 66.5 Å². The largest absolute Gasteiger partial charge is 0.398 e. The molecule has 0 aliphatic rings. The van der Waals surface area contributed by atoms with E-state index < -0.39 is 0 Å². The van der Waals surface area contributed by atoms with E-state index in [2.05, 4.69) is 0 Å². The zero-order valence-electron chi connectivity index (χ0n) is 7.27. The second-order valence-corrected chi connectivity index (χ2v) is 2.71. The fraction of sp³-hybridized carbons (Fsp3) is 0.200. The molecule has 0 atom stereocenters. The Hall–Kier alpha value is -1.32. The smallest absolute Gasteiger partial charge is 0.0682 e. The zero-order valence-corrected chi connectivity index (χ0v) is 7.27. The summed E-state index contributed by atoms with van der Waals surface area (Å²) in [6.45, 7) is -0.0109. The predicted octanol–water partition coefficient (Wildman–Crippen LogP) is 0.767. The number of nitrogen functional groups attached to an aromatic ring is 1. The van der Waals surface area contributed by atoms with Crippen LogP contribution in [0.2, 0.25) is 0 Å². The van der Waals surface area contributed by atoms with Crippen LogP contribution in [0.5, 0.6) is 0 Å². The van der Waals surface area contributed by atoms with E-state index in [1.54, 1.807) is 30.4 Å². The summed E-state index contributed by atoms with van der Waals surface area (Å²) in [5.74, 6) is 0. The van der Waals surface area contributed by atoms with Crippen LogP contribution in [-0.4, -0.2) is 16.8 Å². The van der Waals surface area contributed by atoms with Gasteiger partial charge in [-0.2, -0.15) is 0 Å². The molecule has 0 fully saturated rings. The Labute approximate surface area is 77.1 Å². The lowest BCUT2D eigenvalue weighted by atomic mass is 10.1. The Morgan fingerprint density at radius 1 is 1.31 bits per heavy atom. The van der Waals surface area contributed by atoms with E-state index in [0.717, 1.165) is 11.1 Å². The van der Waals surface area contributed by atoms with E-state index in [1.165, 1.54) is 0 Å². The van der Waals surface area contributed by atoms with Gasteiger partial charge in [0.1, 0.15) is 0 Å². The summed E-state index contributed by atoms with van der Waals surface area (Å²) in [6.07, 6.45) is 3.33. The fourth-order valence-corrected chi connectivity index (χ4v) is 1.05. The number of anilines is 1. The monoisotopic (exact) mass is 179 g/mol. The Morgan fingerprint density at radius 2 is 2.08 bits per heavy atom. The number of benzene rings is 1. The quantitative estimate of drug-likeness (QED) is 0.600. The minimum Gasteiger partial charge on any atom is -0.398 e. The molecule has 3 nitrogen and oxygen atoms in total. The highest BCUT2D eigenvalue weighted by atomic mass is 16.3. The maximum absolute atomic E-state index is 8.86. The van der Waals surface area contributed by atoms with Gasteiger partial charge >= 0.3 is 0 Å². The molecule has 0 bridgehead atoms. The minimum absolute atomic E-state index is 0.000243. The van der Waals surface area contributed by atoms with E-state index in [1.807, 2.05) is 0 Å². The number of aliphatic hydroxyl groups is 2. The Balaban J connectivity index is 2.97. The van der Waals surface area contributed by atoms with Crippen molar-refractivity contribution in [1.29, 1.82) is 0 Å². The molecule has 0 aromatic heterocycles. The highest BCUT2D eigenvalue weighted by Crippen LogP contribution is 2.15. The lowest BCUT2D eigenvalue weighted by Gasteiger charge is -2.02. The van der Waals surface area contributed by atoms with Crippen LogP contribution in [0.1, 0.15) is 11.1 Å². The van der Waals surface area contributed by atoms with Gasteiger partial charge < -0.3 is 15.9 Å². The van der Waals surface area contributed by atoms with Crippen LogP contribution in [0.15, 0.2) is 24.3 Å². The lowest BCUT2D eigenvalue weighted by Crippen LogP contribution is -1.92. The SMILES string of the molecule is Nc1ccc(CO)cc1/C=C/CO. The summed E-state index contributed by atoms with van der Waals surface area (Å²) >= 11 is 0. The molecule has 0 saturated heterocycles. The van der Waals surface area contributed by atoms with Gasteiger partial charge in [-0.15, -0.1) is 0 Å². The van der Waals surface area contributed by atoms with Crippen molar-refractivity contribution in [3.63, 3.8) is 0 Å². The maximum atomic E-state index is 8.86. The molecule has 0 aliphatic heterocycles. The van der Waals surface area contributed by atoms with Crippen LogP contribution >= 0.6 is 0 Å². The molecule has 1 aromatic rings. The molecule has 4 N–H and O–H groups in total. The first-order chi connectivity index (χ1) is 6.27. The molecule has 0 amide bonds. The highest BCUT2D eigenvalue weighted by Gasteiger charge is 1.96. The van der Waals surface area contributed by atoms with Crippen molar-refractivity contribution in [3.05, 3.63) is 35.4 Å². The molecule has 0 spiro atoms. The van der Waals surface area contributed by atoms with Crippen molar-refractivity contribution in [2.45, 2.75) is 6.61 Å². The molecule has 3 heteroatoms. The van der Waals surface area contributed by atoms with Gasteiger partial charge in [-0.25, -0.2) is 0 Å². The third-order valence-corrected chi connectivity index (χ3v) is 1.74. The van der Waals surface area contributed by atoms with Gasteiger partial charge in [0.2, 0.25) is 0 Å². The van der Waals surface area contributed by atoms with Gasteiger partial charge in [0.05, 0.1) is 13.2 Å². The van der Waals surface area contributed by atoms with Gasteiger partial charge in [-0.05, 0) is 23.3 Å². The third-order valence-electron chi connectivity index (χ3n) is 1.74. The average molecular weight is 179 g/mol. The summed E-state index contributed by atoms with van der Waals surface area (Å²) in [6, 6.07) is 5.30. The molecule has 0 radical (unpaired) electrons. The molecular formula is C10H13NO2. The van der Waals surface area contributed by atoms with Crippen molar-refractivity contribution in [1.82, 2.24) is 0 Å². The van der Waals surface area contributed by atoms with Gasteiger partial charge in [-0.3, -0.25) is 0 Å². The summed E-state index contributed by atoms with van der Waals surface area (Å²) in [5.41, 5.74) is 7.94. The normalized spacial score (nSPS) is 10.9. The molecule has 1 aromatic carbocycles. The molecule has 0 unspecified atom stereocenters. The first kappa shape index (κ1) is 9.77. The maximum Gasteiger partial charge on any atom is 0.0682 e. The Kier molecular flexibility index (Phi) is 3.49. The van der Waals surface area contributed by atoms with Crippen molar-refractivity contribution >= 4 is 11.8 Å². The van der Waals surface area contributed by atoms with Crippen LogP contribution in [0.3, 0.4) is 0 Å². The molecule has 0 aliphatic carbocycles. The van der Waals surface area contributed by atoms with Crippen LogP contribution in [0, 0.1) is 0 Å². The van der Waals surface area contributed by atoms with Crippen LogP contribution in [0.25, 0.3) is 6.08 Å². The second kappa shape index (κ2) is 4.64. The molecule has 0 saturated carbocycles. The third kappa shape index (κ3) is 2.57. The van der Waals surface area contributed by atoms with E-state index in [-0.39, 0.29) is 13.2 Å². The summed E-state index contributed by atoms with van der Waals surface area (Å²) in [5, 5.41) is 17.4.